The van der Waals surface area contributed by atoms with E-state index in [1.54, 1.807) is 21.3 Å². The fourth-order valence-corrected chi connectivity index (χ4v) is 3.66. The maximum Gasteiger partial charge on any atom is 0.220 e. The summed E-state index contributed by atoms with van der Waals surface area (Å²) < 4.78 is 16.2. The van der Waals surface area contributed by atoms with Crippen LogP contribution in [0.4, 0.5) is 0 Å². The van der Waals surface area contributed by atoms with Crippen molar-refractivity contribution in [3.63, 3.8) is 0 Å². The van der Waals surface area contributed by atoms with Crippen LogP contribution in [0.5, 0.6) is 11.5 Å². The molecule has 1 heterocycles. The number of aromatic amines is 1. The minimum atomic E-state index is -0.182. The number of carbonyl (C=O) groups excluding carboxylic acids is 1. The molecule has 0 radical (unpaired) electrons. The van der Waals surface area contributed by atoms with Crippen molar-refractivity contribution in [3.8, 4) is 11.5 Å². The number of benzene rings is 2. The summed E-state index contributed by atoms with van der Waals surface area (Å²) in [7, 11) is 4.90. The summed E-state index contributed by atoms with van der Waals surface area (Å²) in [5.74, 6) is 1.10. The van der Waals surface area contributed by atoms with Crippen LogP contribution in [0, 0.1) is 0 Å². The molecular weight excluding hydrogens is 368 g/mol. The maximum absolute atomic E-state index is 12.7. The number of nitrogens with one attached hydrogen (secondary N) is 2. The molecule has 0 aliphatic carbocycles. The Kier molecular flexibility index (Phi) is 7.14. The number of amides is 1. The van der Waals surface area contributed by atoms with Crippen molar-refractivity contribution in [2.24, 2.45) is 0 Å². The van der Waals surface area contributed by atoms with Gasteiger partial charge in [-0.1, -0.05) is 30.3 Å². The van der Waals surface area contributed by atoms with Crippen LogP contribution in [0.1, 0.15) is 29.9 Å². The molecule has 3 rings (SSSR count). The lowest BCUT2D eigenvalue weighted by molar-refractivity contribution is -0.121. The summed E-state index contributed by atoms with van der Waals surface area (Å²) in [6.45, 7) is 1.21. The molecule has 0 bridgehead atoms. The van der Waals surface area contributed by atoms with E-state index in [9.17, 15) is 4.79 Å². The largest absolute Gasteiger partial charge is 0.493 e. The van der Waals surface area contributed by atoms with Gasteiger partial charge in [0.1, 0.15) is 0 Å². The minimum absolute atomic E-state index is 0.0127. The Balaban J connectivity index is 1.98. The van der Waals surface area contributed by atoms with Gasteiger partial charge < -0.3 is 24.5 Å². The van der Waals surface area contributed by atoms with Gasteiger partial charge in [0.05, 0.1) is 14.2 Å². The molecule has 154 valence electrons. The monoisotopic (exact) mass is 396 g/mol. The molecule has 1 atom stereocenters. The third-order valence-electron chi connectivity index (χ3n) is 5.04. The lowest BCUT2D eigenvalue weighted by Gasteiger charge is -2.21. The fourth-order valence-electron chi connectivity index (χ4n) is 3.66. The van der Waals surface area contributed by atoms with Gasteiger partial charge in [-0.25, -0.2) is 0 Å². The second-order valence-electron chi connectivity index (χ2n) is 6.83. The van der Waals surface area contributed by atoms with Crippen LogP contribution in [0.15, 0.2) is 48.7 Å². The molecule has 0 unspecified atom stereocenters. The summed E-state index contributed by atoms with van der Waals surface area (Å²) in [6.07, 6.45) is 3.06. The van der Waals surface area contributed by atoms with Gasteiger partial charge in [-0.15, -0.1) is 0 Å². The third-order valence-corrected chi connectivity index (χ3v) is 5.04. The van der Waals surface area contributed by atoms with E-state index >= 15 is 0 Å². The second-order valence-corrected chi connectivity index (χ2v) is 6.83. The third kappa shape index (κ3) is 4.71. The van der Waals surface area contributed by atoms with E-state index in [2.05, 4.69) is 16.4 Å². The standard InChI is InChI=1S/C23H28N2O4/c1-27-13-7-12-24-22(26)14-18(17-9-6-11-21(28-2)23(17)29-3)19-15-25-20-10-5-4-8-16(19)20/h4-6,8-11,15,18,25H,7,12-14H2,1-3H3,(H,24,26)/t18-/m1/s1. The highest BCUT2D eigenvalue weighted by molar-refractivity contribution is 5.86. The molecule has 2 aromatic carbocycles. The van der Waals surface area contributed by atoms with Gasteiger partial charge in [0.25, 0.3) is 0 Å². The zero-order valence-corrected chi connectivity index (χ0v) is 17.2. The van der Waals surface area contributed by atoms with Crippen molar-refractivity contribution in [3.05, 3.63) is 59.8 Å². The molecule has 29 heavy (non-hydrogen) atoms. The Hall–Kier alpha value is -2.99. The molecule has 0 spiro atoms. The number of H-pyrrole nitrogens is 1. The molecule has 1 amide bonds. The first-order valence-corrected chi connectivity index (χ1v) is 9.72. The first kappa shape index (κ1) is 20.7. The number of ether oxygens (including phenoxy) is 3. The quantitative estimate of drug-likeness (QED) is 0.511. The number of aromatic nitrogens is 1. The van der Waals surface area contributed by atoms with Crippen molar-refractivity contribution >= 4 is 16.8 Å². The van der Waals surface area contributed by atoms with Crippen molar-refractivity contribution < 1.29 is 19.0 Å². The van der Waals surface area contributed by atoms with E-state index in [-0.39, 0.29) is 11.8 Å². The molecule has 2 N–H and O–H groups in total. The zero-order valence-electron chi connectivity index (χ0n) is 17.2. The van der Waals surface area contributed by atoms with E-state index < -0.39 is 0 Å². The highest BCUT2D eigenvalue weighted by atomic mass is 16.5. The maximum atomic E-state index is 12.7. The Morgan fingerprint density at radius 3 is 2.62 bits per heavy atom. The number of methoxy groups -OCH3 is 3. The molecular formula is C23H28N2O4. The van der Waals surface area contributed by atoms with Crippen LogP contribution in [0.3, 0.4) is 0 Å². The average molecular weight is 396 g/mol. The van der Waals surface area contributed by atoms with Crippen molar-refractivity contribution in [2.45, 2.75) is 18.8 Å². The lowest BCUT2D eigenvalue weighted by atomic mass is 9.87. The van der Waals surface area contributed by atoms with E-state index in [1.165, 1.54) is 0 Å². The number of para-hydroxylation sites is 2. The second kappa shape index (κ2) is 9.98. The molecule has 0 saturated heterocycles. The van der Waals surface area contributed by atoms with Crippen LogP contribution in [-0.4, -0.2) is 45.4 Å². The number of hydrogen-bond acceptors (Lipinski definition) is 4. The molecule has 1 aromatic heterocycles. The van der Waals surface area contributed by atoms with E-state index in [0.29, 0.717) is 31.1 Å². The molecule has 3 aromatic rings. The molecule has 0 aliphatic rings. The number of fused-ring (bicyclic) bond motifs is 1. The Bertz CT molecular complexity index is 951. The summed E-state index contributed by atoms with van der Waals surface area (Å²) in [5, 5.41) is 4.08. The predicted octanol–water partition coefficient (Wildman–Crippen LogP) is 3.86. The highest BCUT2D eigenvalue weighted by Gasteiger charge is 2.25. The fraction of sp³-hybridized carbons (Fsp3) is 0.348. The van der Waals surface area contributed by atoms with E-state index in [1.807, 2.05) is 42.6 Å². The van der Waals surface area contributed by atoms with Crippen molar-refractivity contribution in [1.29, 1.82) is 0 Å². The first-order valence-electron chi connectivity index (χ1n) is 9.72. The van der Waals surface area contributed by atoms with Crippen LogP contribution in [0.2, 0.25) is 0 Å². The first-order chi connectivity index (χ1) is 14.2. The van der Waals surface area contributed by atoms with Crippen LogP contribution in [0.25, 0.3) is 10.9 Å². The van der Waals surface area contributed by atoms with E-state index in [4.69, 9.17) is 14.2 Å². The molecule has 0 aliphatic heterocycles. The van der Waals surface area contributed by atoms with Crippen molar-refractivity contribution in [2.75, 3.05) is 34.5 Å². The smallest absolute Gasteiger partial charge is 0.220 e. The number of rotatable bonds is 10. The van der Waals surface area contributed by atoms with Gasteiger partial charge >= 0.3 is 0 Å². The SMILES string of the molecule is COCCCNC(=O)C[C@H](c1cccc(OC)c1OC)c1c[nH]c2ccccc12. The molecule has 0 fully saturated rings. The Labute approximate surface area is 171 Å². The normalized spacial score (nSPS) is 12.0. The average Bonchev–Trinajstić information content (AvgIpc) is 3.18. The van der Waals surface area contributed by atoms with Crippen LogP contribution >= 0.6 is 0 Å². The Morgan fingerprint density at radius 2 is 1.86 bits per heavy atom. The van der Waals surface area contributed by atoms with Gasteiger partial charge in [0, 0.05) is 55.3 Å². The number of hydrogen-bond donors (Lipinski definition) is 2. The summed E-state index contributed by atoms with van der Waals surface area (Å²) in [6, 6.07) is 13.9. The summed E-state index contributed by atoms with van der Waals surface area (Å²) >= 11 is 0. The van der Waals surface area contributed by atoms with Gasteiger partial charge in [0.2, 0.25) is 5.91 Å². The number of carbonyl (C=O) groups is 1. The molecule has 6 nitrogen and oxygen atoms in total. The van der Waals surface area contributed by atoms with Gasteiger partial charge in [-0.3, -0.25) is 4.79 Å². The predicted molar refractivity (Wildman–Crippen MR) is 114 cm³/mol. The Morgan fingerprint density at radius 1 is 1.03 bits per heavy atom. The zero-order chi connectivity index (χ0) is 20.6. The minimum Gasteiger partial charge on any atom is -0.493 e. The topological polar surface area (TPSA) is 72.6 Å². The lowest BCUT2D eigenvalue weighted by Crippen LogP contribution is -2.27. The van der Waals surface area contributed by atoms with Crippen molar-refractivity contribution in [1.82, 2.24) is 10.3 Å². The van der Waals surface area contributed by atoms with Crippen LogP contribution in [-0.2, 0) is 9.53 Å². The van der Waals surface area contributed by atoms with Gasteiger partial charge in [-0.2, -0.15) is 0 Å². The summed E-state index contributed by atoms with van der Waals surface area (Å²) in [5.41, 5.74) is 3.01. The highest BCUT2D eigenvalue weighted by Crippen LogP contribution is 2.41. The van der Waals surface area contributed by atoms with Crippen LogP contribution < -0.4 is 14.8 Å². The summed E-state index contributed by atoms with van der Waals surface area (Å²) in [4.78, 5) is 16.1. The van der Waals surface area contributed by atoms with E-state index in [0.717, 1.165) is 28.5 Å². The molecule has 0 saturated carbocycles. The molecule has 6 heteroatoms. The van der Waals surface area contributed by atoms with Gasteiger partial charge in [-0.05, 0) is 24.1 Å². The van der Waals surface area contributed by atoms with Gasteiger partial charge in [0.15, 0.2) is 11.5 Å².